The molecule has 0 aromatic heterocycles. The van der Waals surface area contributed by atoms with Crippen LogP contribution in [0.25, 0.3) is 0 Å². The summed E-state index contributed by atoms with van der Waals surface area (Å²) in [6.07, 6.45) is 1.79. The van der Waals surface area contributed by atoms with Crippen molar-refractivity contribution < 1.29 is 27.1 Å². The monoisotopic (exact) mass is 321 g/mol. The number of nitrogens with one attached hydrogen (secondary N) is 1. The van der Waals surface area contributed by atoms with Crippen LogP contribution in [0.1, 0.15) is 43.5 Å². The molecule has 0 aliphatic heterocycles. The van der Waals surface area contributed by atoms with Crippen LogP contribution in [0.5, 0.6) is 0 Å². The zero-order valence-electron chi connectivity index (χ0n) is 11.7. The standard InChI is InChI=1S/C13H17F2NO4S/c1-3-5-8(4-2)16-21(19,20)10-7-6-9(14)11(12(10)15)13(17)18/h6-8,16H,3-5H2,1-2H3,(H,17,18). The minimum absolute atomic E-state index is 0.391. The second-order valence-corrected chi connectivity index (χ2v) is 6.24. The van der Waals surface area contributed by atoms with Crippen LogP contribution in [0.2, 0.25) is 0 Å². The first-order valence-electron chi connectivity index (χ1n) is 6.48. The fourth-order valence-electron chi connectivity index (χ4n) is 1.91. The average molecular weight is 321 g/mol. The molecule has 0 spiro atoms. The zero-order valence-corrected chi connectivity index (χ0v) is 12.5. The largest absolute Gasteiger partial charge is 0.477 e. The molecule has 0 heterocycles. The van der Waals surface area contributed by atoms with Crippen molar-refractivity contribution >= 4 is 16.0 Å². The Kier molecular flexibility index (Phi) is 5.79. The molecule has 0 aliphatic rings. The lowest BCUT2D eigenvalue weighted by Crippen LogP contribution is -2.35. The van der Waals surface area contributed by atoms with Gasteiger partial charge in [0.15, 0.2) is 5.82 Å². The molecule has 2 N–H and O–H groups in total. The zero-order chi connectivity index (χ0) is 16.2. The van der Waals surface area contributed by atoms with Crippen LogP contribution in [-0.4, -0.2) is 25.5 Å². The molecule has 0 radical (unpaired) electrons. The first-order chi connectivity index (χ1) is 9.74. The van der Waals surface area contributed by atoms with E-state index in [1.165, 1.54) is 0 Å². The normalized spacial score (nSPS) is 13.1. The summed E-state index contributed by atoms with van der Waals surface area (Å²) >= 11 is 0. The molecular formula is C13H17F2NO4S. The van der Waals surface area contributed by atoms with E-state index in [-0.39, 0.29) is 0 Å². The maximum atomic E-state index is 14.0. The Morgan fingerprint density at radius 2 is 1.95 bits per heavy atom. The summed E-state index contributed by atoms with van der Waals surface area (Å²) in [6, 6.07) is 0.956. The van der Waals surface area contributed by atoms with Gasteiger partial charge in [0.1, 0.15) is 16.3 Å². The van der Waals surface area contributed by atoms with E-state index in [0.717, 1.165) is 12.5 Å². The van der Waals surface area contributed by atoms with Gasteiger partial charge in [0, 0.05) is 6.04 Å². The highest BCUT2D eigenvalue weighted by Crippen LogP contribution is 2.22. The third-order valence-corrected chi connectivity index (χ3v) is 4.55. The van der Waals surface area contributed by atoms with E-state index in [1.807, 2.05) is 6.92 Å². The van der Waals surface area contributed by atoms with Crippen molar-refractivity contribution in [2.24, 2.45) is 0 Å². The number of hydrogen-bond donors (Lipinski definition) is 2. The number of carboxylic acids is 1. The number of rotatable bonds is 7. The van der Waals surface area contributed by atoms with Gasteiger partial charge in [-0.3, -0.25) is 0 Å². The van der Waals surface area contributed by atoms with Gasteiger partial charge >= 0.3 is 5.97 Å². The van der Waals surface area contributed by atoms with Crippen molar-refractivity contribution in [3.8, 4) is 0 Å². The maximum Gasteiger partial charge on any atom is 0.341 e. The average Bonchev–Trinajstić information content (AvgIpc) is 2.37. The molecule has 8 heteroatoms. The summed E-state index contributed by atoms with van der Waals surface area (Å²) in [5.41, 5.74) is -1.28. The first-order valence-corrected chi connectivity index (χ1v) is 7.96. The van der Waals surface area contributed by atoms with Gasteiger partial charge in [0.05, 0.1) is 0 Å². The molecule has 21 heavy (non-hydrogen) atoms. The molecule has 0 amide bonds. The molecule has 0 saturated heterocycles. The number of aromatic carboxylic acids is 1. The molecule has 5 nitrogen and oxygen atoms in total. The van der Waals surface area contributed by atoms with E-state index in [4.69, 9.17) is 5.11 Å². The lowest BCUT2D eigenvalue weighted by molar-refractivity contribution is 0.0685. The molecule has 0 aliphatic carbocycles. The number of carboxylic acid groups (broad SMARTS) is 1. The Hall–Kier alpha value is -1.54. The van der Waals surface area contributed by atoms with Crippen LogP contribution >= 0.6 is 0 Å². The predicted octanol–water partition coefficient (Wildman–Crippen LogP) is 2.52. The predicted molar refractivity (Wildman–Crippen MR) is 72.6 cm³/mol. The molecule has 0 bridgehead atoms. The van der Waals surface area contributed by atoms with Gasteiger partial charge in [-0.15, -0.1) is 0 Å². The van der Waals surface area contributed by atoms with Crippen molar-refractivity contribution in [1.82, 2.24) is 4.72 Å². The van der Waals surface area contributed by atoms with Crippen molar-refractivity contribution in [1.29, 1.82) is 0 Å². The quantitative estimate of drug-likeness (QED) is 0.808. The van der Waals surface area contributed by atoms with Crippen molar-refractivity contribution in [3.05, 3.63) is 29.3 Å². The first kappa shape index (κ1) is 17.5. The molecule has 1 aromatic rings. The minimum atomic E-state index is -4.25. The van der Waals surface area contributed by atoms with Crippen molar-refractivity contribution in [2.45, 2.75) is 44.0 Å². The van der Waals surface area contributed by atoms with Gasteiger partial charge in [-0.25, -0.2) is 26.7 Å². The lowest BCUT2D eigenvalue weighted by atomic mass is 10.1. The van der Waals surface area contributed by atoms with Crippen molar-refractivity contribution in [2.75, 3.05) is 0 Å². The number of carbonyl (C=O) groups is 1. The third kappa shape index (κ3) is 3.98. The Balaban J connectivity index is 3.26. The molecule has 1 unspecified atom stereocenters. The molecule has 118 valence electrons. The minimum Gasteiger partial charge on any atom is -0.477 e. The molecular weight excluding hydrogens is 304 g/mol. The van der Waals surface area contributed by atoms with Gasteiger partial charge in [0.25, 0.3) is 0 Å². The fourth-order valence-corrected chi connectivity index (χ4v) is 3.35. The van der Waals surface area contributed by atoms with Gasteiger partial charge in [-0.1, -0.05) is 20.3 Å². The summed E-state index contributed by atoms with van der Waals surface area (Å²) in [6.45, 7) is 3.64. The van der Waals surface area contributed by atoms with E-state index in [9.17, 15) is 22.0 Å². The van der Waals surface area contributed by atoms with Crippen LogP contribution in [0, 0.1) is 11.6 Å². The van der Waals surface area contributed by atoms with E-state index in [0.29, 0.717) is 18.9 Å². The third-order valence-electron chi connectivity index (χ3n) is 3.01. The summed E-state index contributed by atoms with van der Waals surface area (Å²) in [5.74, 6) is -4.77. The van der Waals surface area contributed by atoms with E-state index >= 15 is 0 Å². The van der Waals surface area contributed by atoms with Crippen molar-refractivity contribution in [3.63, 3.8) is 0 Å². The summed E-state index contributed by atoms with van der Waals surface area (Å²) in [7, 11) is -4.25. The lowest BCUT2D eigenvalue weighted by Gasteiger charge is -2.17. The molecule has 0 saturated carbocycles. The number of halogens is 2. The van der Waals surface area contributed by atoms with Gasteiger partial charge in [-0.2, -0.15) is 0 Å². The van der Waals surface area contributed by atoms with E-state index in [1.54, 1.807) is 6.92 Å². The van der Waals surface area contributed by atoms with Crippen LogP contribution in [0.15, 0.2) is 17.0 Å². The second-order valence-electron chi connectivity index (χ2n) is 4.55. The SMILES string of the molecule is CCCC(CC)NS(=O)(=O)c1ccc(F)c(C(=O)O)c1F. The molecule has 1 aromatic carbocycles. The van der Waals surface area contributed by atoms with Crippen LogP contribution in [-0.2, 0) is 10.0 Å². The van der Waals surface area contributed by atoms with E-state index in [2.05, 4.69) is 4.72 Å². The second kappa shape index (κ2) is 6.95. The number of sulfonamides is 1. The van der Waals surface area contributed by atoms with Gasteiger partial charge < -0.3 is 5.11 Å². The molecule has 1 rings (SSSR count). The van der Waals surface area contributed by atoms with Gasteiger partial charge in [-0.05, 0) is 25.0 Å². The number of benzene rings is 1. The van der Waals surface area contributed by atoms with Crippen LogP contribution in [0.4, 0.5) is 8.78 Å². The number of hydrogen-bond acceptors (Lipinski definition) is 3. The molecule has 0 fully saturated rings. The van der Waals surface area contributed by atoms with E-state index < -0.39 is 44.1 Å². The topological polar surface area (TPSA) is 83.5 Å². The highest BCUT2D eigenvalue weighted by atomic mass is 32.2. The molecule has 1 atom stereocenters. The summed E-state index contributed by atoms with van der Waals surface area (Å²) < 4.78 is 53.8. The maximum absolute atomic E-state index is 14.0. The Morgan fingerprint density at radius 3 is 2.43 bits per heavy atom. The Bertz CT molecular complexity index is 631. The highest BCUT2D eigenvalue weighted by Gasteiger charge is 2.28. The summed E-state index contributed by atoms with van der Waals surface area (Å²) in [4.78, 5) is 9.94. The fraction of sp³-hybridized carbons (Fsp3) is 0.462. The summed E-state index contributed by atoms with van der Waals surface area (Å²) in [5, 5.41) is 8.75. The van der Waals surface area contributed by atoms with Crippen LogP contribution < -0.4 is 4.72 Å². The van der Waals surface area contributed by atoms with Gasteiger partial charge in [0.2, 0.25) is 10.0 Å². The Morgan fingerprint density at radius 1 is 1.33 bits per heavy atom. The smallest absolute Gasteiger partial charge is 0.341 e. The van der Waals surface area contributed by atoms with Crippen LogP contribution in [0.3, 0.4) is 0 Å². The Labute approximate surface area is 122 Å². The highest BCUT2D eigenvalue weighted by molar-refractivity contribution is 7.89.